The first kappa shape index (κ1) is 16.4. The van der Waals surface area contributed by atoms with Crippen LogP contribution in [0, 0.1) is 18.7 Å². The second-order valence-corrected chi connectivity index (χ2v) is 7.08. The Morgan fingerprint density at radius 3 is 2.86 bits per heavy atom. The van der Waals surface area contributed by atoms with Gasteiger partial charge in [-0.2, -0.15) is 0 Å². The summed E-state index contributed by atoms with van der Waals surface area (Å²) in [4.78, 5) is -0.0420. The van der Waals surface area contributed by atoms with Crippen molar-refractivity contribution in [3.05, 3.63) is 29.1 Å². The Labute approximate surface area is 124 Å². The summed E-state index contributed by atoms with van der Waals surface area (Å²) in [5.74, 6) is -0.393. The van der Waals surface area contributed by atoms with E-state index in [1.54, 1.807) is 0 Å². The molecule has 1 fully saturated rings. The van der Waals surface area contributed by atoms with Crippen molar-refractivity contribution in [1.82, 2.24) is 4.72 Å². The van der Waals surface area contributed by atoms with Crippen LogP contribution < -0.4 is 10.5 Å². The molecule has 7 heteroatoms. The number of rotatable bonds is 5. The molecule has 0 radical (unpaired) electrons. The highest BCUT2D eigenvalue weighted by atomic mass is 32.2. The van der Waals surface area contributed by atoms with Gasteiger partial charge < -0.3 is 10.5 Å². The molecule has 3 N–H and O–H groups in total. The molecular formula is C14H21FN2O3S. The molecule has 1 heterocycles. The summed E-state index contributed by atoms with van der Waals surface area (Å²) < 4.78 is 46.4. The van der Waals surface area contributed by atoms with Crippen LogP contribution in [0.1, 0.15) is 24.0 Å². The zero-order valence-corrected chi connectivity index (χ0v) is 12.9. The largest absolute Gasteiger partial charge is 0.381 e. The van der Waals surface area contributed by atoms with Crippen molar-refractivity contribution in [3.63, 3.8) is 0 Å². The molecule has 0 bridgehead atoms. The van der Waals surface area contributed by atoms with Gasteiger partial charge in [-0.3, -0.25) is 0 Å². The Hall–Kier alpha value is -1.02. The normalized spacial score (nSPS) is 19.7. The van der Waals surface area contributed by atoms with Gasteiger partial charge in [0.1, 0.15) is 5.82 Å². The molecule has 118 valence electrons. The maximum atomic E-state index is 13.8. The quantitative estimate of drug-likeness (QED) is 0.858. The van der Waals surface area contributed by atoms with E-state index in [2.05, 4.69) is 4.72 Å². The summed E-state index contributed by atoms with van der Waals surface area (Å²) in [5.41, 5.74) is 6.04. The summed E-state index contributed by atoms with van der Waals surface area (Å²) >= 11 is 0. The smallest absolute Gasteiger partial charge is 0.240 e. The van der Waals surface area contributed by atoms with Crippen LogP contribution in [0.4, 0.5) is 4.39 Å². The van der Waals surface area contributed by atoms with Gasteiger partial charge in [-0.05, 0) is 43.4 Å². The second kappa shape index (κ2) is 6.83. The monoisotopic (exact) mass is 316 g/mol. The number of halogens is 1. The zero-order chi connectivity index (χ0) is 15.5. The molecule has 0 aromatic heterocycles. The minimum Gasteiger partial charge on any atom is -0.381 e. The molecule has 21 heavy (non-hydrogen) atoms. The van der Waals surface area contributed by atoms with Gasteiger partial charge in [0.05, 0.1) is 11.5 Å². The van der Waals surface area contributed by atoms with Crippen LogP contribution in [-0.2, 0) is 21.3 Å². The molecule has 0 amide bonds. The van der Waals surface area contributed by atoms with E-state index in [1.807, 2.05) is 0 Å². The van der Waals surface area contributed by atoms with E-state index >= 15 is 0 Å². The number of benzene rings is 1. The van der Waals surface area contributed by atoms with Crippen LogP contribution in [0.25, 0.3) is 0 Å². The summed E-state index contributed by atoms with van der Waals surface area (Å²) in [6, 6.07) is 2.70. The molecule has 1 atom stereocenters. The van der Waals surface area contributed by atoms with Gasteiger partial charge in [-0.15, -0.1) is 0 Å². The summed E-state index contributed by atoms with van der Waals surface area (Å²) in [5, 5.41) is 0. The van der Waals surface area contributed by atoms with Gasteiger partial charge in [0.25, 0.3) is 0 Å². The third-order valence-electron chi connectivity index (χ3n) is 3.70. The number of ether oxygens (including phenoxy) is 1. The van der Waals surface area contributed by atoms with E-state index in [1.165, 1.54) is 19.1 Å². The van der Waals surface area contributed by atoms with Gasteiger partial charge in [-0.25, -0.2) is 17.5 Å². The van der Waals surface area contributed by atoms with Gasteiger partial charge in [0.2, 0.25) is 10.0 Å². The molecule has 0 saturated carbocycles. The highest BCUT2D eigenvalue weighted by Crippen LogP contribution is 2.21. The molecule has 1 unspecified atom stereocenters. The Bertz CT molecular complexity index is 598. The SMILES string of the molecule is Cc1c(F)cc(CN)cc1S(=O)(=O)NCC1CCCOC1. The van der Waals surface area contributed by atoms with E-state index < -0.39 is 15.8 Å². The van der Waals surface area contributed by atoms with Crippen LogP contribution in [0.2, 0.25) is 0 Å². The molecule has 5 nitrogen and oxygen atoms in total. The van der Waals surface area contributed by atoms with E-state index in [4.69, 9.17) is 10.5 Å². The number of hydrogen-bond donors (Lipinski definition) is 2. The Balaban J connectivity index is 2.16. The van der Waals surface area contributed by atoms with Crippen LogP contribution in [0.5, 0.6) is 0 Å². The predicted molar refractivity (Wildman–Crippen MR) is 77.8 cm³/mol. The van der Waals surface area contributed by atoms with Crippen LogP contribution in [0.15, 0.2) is 17.0 Å². The number of nitrogens with one attached hydrogen (secondary N) is 1. The molecule has 2 rings (SSSR count). The molecule has 1 aliphatic rings. The fraction of sp³-hybridized carbons (Fsp3) is 0.571. The van der Waals surface area contributed by atoms with Crippen molar-refractivity contribution in [2.24, 2.45) is 11.7 Å². The standard InChI is InChI=1S/C14H21FN2O3S/c1-10-13(15)5-12(7-16)6-14(10)21(18,19)17-8-11-3-2-4-20-9-11/h5-6,11,17H,2-4,7-9,16H2,1H3. The number of sulfonamides is 1. The van der Waals surface area contributed by atoms with E-state index in [0.29, 0.717) is 18.7 Å². The van der Waals surface area contributed by atoms with Crippen LogP contribution in [-0.4, -0.2) is 28.2 Å². The highest BCUT2D eigenvalue weighted by molar-refractivity contribution is 7.89. The Kier molecular flexibility index (Phi) is 5.32. The topological polar surface area (TPSA) is 81.4 Å². The van der Waals surface area contributed by atoms with Gasteiger partial charge >= 0.3 is 0 Å². The molecule has 1 saturated heterocycles. The van der Waals surface area contributed by atoms with Crippen molar-refractivity contribution >= 4 is 10.0 Å². The lowest BCUT2D eigenvalue weighted by atomic mass is 10.0. The molecule has 1 aliphatic heterocycles. The maximum absolute atomic E-state index is 13.8. The zero-order valence-electron chi connectivity index (χ0n) is 12.1. The van der Waals surface area contributed by atoms with Crippen molar-refractivity contribution in [1.29, 1.82) is 0 Å². The van der Waals surface area contributed by atoms with Crippen molar-refractivity contribution < 1.29 is 17.5 Å². The lowest BCUT2D eigenvalue weighted by Crippen LogP contribution is -2.33. The Morgan fingerprint density at radius 1 is 1.48 bits per heavy atom. The predicted octanol–water partition coefficient (Wildman–Crippen LogP) is 1.30. The van der Waals surface area contributed by atoms with Gasteiger partial charge in [0, 0.05) is 25.3 Å². The summed E-state index contributed by atoms with van der Waals surface area (Å²) in [6.45, 7) is 3.13. The van der Waals surface area contributed by atoms with Crippen LogP contribution in [0.3, 0.4) is 0 Å². The second-order valence-electron chi connectivity index (χ2n) is 5.34. The molecule has 0 spiro atoms. The van der Waals surface area contributed by atoms with Gasteiger partial charge in [-0.1, -0.05) is 0 Å². The fourth-order valence-corrected chi connectivity index (χ4v) is 3.80. The Morgan fingerprint density at radius 2 is 2.24 bits per heavy atom. The highest BCUT2D eigenvalue weighted by Gasteiger charge is 2.22. The van der Waals surface area contributed by atoms with E-state index in [9.17, 15) is 12.8 Å². The average molecular weight is 316 g/mol. The maximum Gasteiger partial charge on any atom is 0.240 e. The fourth-order valence-electron chi connectivity index (χ4n) is 2.38. The third kappa shape index (κ3) is 4.00. The minimum atomic E-state index is -3.75. The van der Waals surface area contributed by atoms with Crippen molar-refractivity contribution in [2.75, 3.05) is 19.8 Å². The first-order valence-corrected chi connectivity index (χ1v) is 8.49. The summed E-state index contributed by atoms with van der Waals surface area (Å²) in [6.07, 6.45) is 1.86. The molecule has 1 aromatic rings. The number of hydrogen-bond acceptors (Lipinski definition) is 4. The van der Waals surface area contributed by atoms with Gasteiger partial charge in [0.15, 0.2) is 0 Å². The first-order chi connectivity index (χ1) is 9.94. The van der Waals surface area contributed by atoms with Crippen molar-refractivity contribution in [2.45, 2.75) is 31.2 Å². The molecule has 0 aliphatic carbocycles. The average Bonchev–Trinajstić information content (AvgIpc) is 2.48. The minimum absolute atomic E-state index is 0.0420. The van der Waals surface area contributed by atoms with E-state index in [-0.39, 0.29) is 22.9 Å². The lowest BCUT2D eigenvalue weighted by molar-refractivity contribution is 0.0568. The number of nitrogens with two attached hydrogens (primary N) is 1. The van der Waals surface area contributed by atoms with Crippen LogP contribution >= 0.6 is 0 Å². The summed E-state index contributed by atoms with van der Waals surface area (Å²) in [7, 11) is -3.75. The molecule has 1 aromatic carbocycles. The lowest BCUT2D eigenvalue weighted by Gasteiger charge is -2.22. The first-order valence-electron chi connectivity index (χ1n) is 7.00. The van der Waals surface area contributed by atoms with Crippen molar-refractivity contribution in [3.8, 4) is 0 Å². The third-order valence-corrected chi connectivity index (χ3v) is 5.25. The van der Waals surface area contributed by atoms with E-state index in [0.717, 1.165) is 19.4 Å². The molecular weight excluding hydrogens is 295 g/mol.